The van der Waals surface area contributed by atoms with Crippen molar-refractivity contribution in [1.82, 2.24) is 0 Å². The largest absolute Gasteiger partial charge is 0.312 e. The van der Waals surface area contributed by atoms with E-state index in [1.54, 1.807) is 4.90 Å². The van der Waals surface area contributed by atoms with Crippen molar-refractivity contribution in [3.8, 4) is 0 Å². The van der Waals surface area contributed by atoms with Gasteiger partial charge in [-0.1, -0.05) is 0 Å². The molecule has 1 fully saturated rings. The zero-order valence-corrected chi connectivity index (χ0v) is 8.79. The smallest absolute Gasteiger partial charge is 0.226 e. The predicted octanol–water partition coefficient (Wildman–Crippen LogP) is 2.65. The molecule has 3 heteroatoms. The van der Waals surface area contributed by atoms with Gasteiger partial charge in [0.1, 0.15) is 5.82 Å². The van der Waals surface area contributed by atoms with Gasteiger partial charge in [-0.05, 0) is 43.5 Å². The summed E-state index contributed by atoms with van der Waals surface area (Å²) in [5.41, 5.74) is 1.54. The van der Waals surface area contributed by atoms with Gasteiger partial charge in [-0.25, -0.2) is 4.39 Å². The normalized spacial score (nSPS) is 16.9. The highest BCUT2D eigenvalue weighted by molar-refractivity contribution is 5.94. The number of halogens is 1. The van der Waals surface area contributed by atoms with E-state index in [1.807, 2.05) is 13.0 Å². The van der Waals surface area contributed by atoms with Crippen molar-refractivity contribution in [3.63, 3.8) is 0 Å². The minimum absolute atomic E-state index is 0.103. The molecule has 1 saturated heterocycles. The van der Waals surface area contributed by atoms with Crippen molar-refractivity contribution in [2.45, 2.75) is 26.2 Å². The molecule has 1 amide bonds. The Morgan fingerprint density at radius 1 is 1.27 bits per heavy atom. The Morgan fingerprint density at radius 3 is 2.73 bits per heavy atom. The van der Waals surface area contributed by atoms with Crippen molar-refractivity contribution in [2.24, 2.45) is 0 Å². The molecular formula is C12H14FNO. The summed E-state index contributed by atoms with van der Waals surface area (Å²) in [6, 6.07) is 4.75. The van der Waals surface area contributed by atoms with Crippen LogP contribution in [0.25, 0.3) is 0 Å². The number of piperidine rings is 1. The van der Waals surface area contributed by atoms with E-state index in [4.69, 9.17) is 0 Å². The molecule has 0 N–H and O–H groups in total. The Hall–Kier alpha value is -1.38. The van der Waals surface area contributed by atoms with E-state index in [0.29, 0.717) is 18.7 Å². The standard InChI is InChI=1S/C12H14FNO/c1-9-6-10(13)8-11(7-9)14-5-3-2-4-12(14)15/h6-8H,2-5H2,1H3. The van der Waals surface area contributed by atoms with Gasteiger partial charge >= 0.3 is 0 Å². The Balaban J connectivity index is 2.31. The van der Waals surface area contributed by atoms with Crippen LogP contribution < -0.4 is 4.90 Å². The molecule has 0 radical (unpaired) electrons. The van der Waals surface area contributed by atoms with E-state index in [0.717, 1.165) is 18.4 Å². The summed E-state index contributed by atoms with van der Waals surface area (Å²) >= 11 is 0. The first-order valence-corrected chi connectivity index (χ1v) is 5.24. The number of nitrogens with zero attached hydrogens (tertiary/aromatic N) is 1. The quantitative estimate of drug-likeness (QED) is 0.693. The lowest BCUT2D eigenvalue weighted by Gasteiger charge is -2.27. The lowest BCUT2D eigenvalue weighted by Crippen LogP contribution is -2.35. The highest BCUT2D eigenvalue weighted by atomic mass is 19.1. The van der Waals surface area contributed by atoms with Crippen LogP contribution in [0.4, 0.5) is 10.1 Å². The molecule has 0 unspecified atom stereocenters. The molecule has 1 aromatic rings. The van der Waals surface area contributed by atoms with Crippen molar-refractivity contribution in [3.05, 3.63) is 29.6 Å². The fraction of sp³-hybridized carbons (Fsp3) is 0.417. The van der Waals surface area contributed by atoms with Crippen LogP contribution >= 0.6 is 0 Å². The van der Waals surface area contributed by atoms with Crippen LogP contribution in [0, 0.1) is 12.7 Å². The molecule has 0 aromatic heterocycles. The number of hydrogen-bond acceptors (Lipinski definition) is 1. The van der Waals surface area contributed by atoms with Crippen LogP contribution in [0.1, 0.15) is 24.8 Å². The van der Waals surface area contributed by atoms with Gasteiger partial charge in [0.05, 0.1) is 0 Å². The summed E-state index contributed by atoms with van der Waals surface area (Å²) in [5, 5.41) is 0. The summed E-state index contributed by atoms with van der Waals surface area (Å²) in [6.45, 7) is 2.54. The van der Waals surface area contributed by atoms with E-state index in [1.165, 1.54) is 12.1 Å². The van der Waals surface area contributed by atoms with Gasteiger partial charge < -0.3 is 4.90 Å². The molecule has 2 rings (SSSR count). The molecule has 1 aromatic carbocycles. The number of rotatable bonds is 1. The predicted molar refractivity (Wildman–Crippen MR) is 57.3 cm³/mol. The molecule has 0 saturated carbocycles. The van der Waals surface area contributed by atoms with Crippen molar-refractivity contribution < 1.29 is 9.18 Å². The monoisotopic (exact) mass is 207 g/mol. The first kappa shape index (κ1) is 10.1. The third-order valence-electron chi connectivity index (χ3n) is 2.66. The van der Waals surface area contributed by atoms with Crippen LogP contribution in [0.15, 0.2) is 18.2 Å². The molecular weight excluding hydrogens is 193 g/mol. The van der Waals surface area contributed by atoms with Crippen molar-refractivity contribution in [1.29, 1.82) is 0 Å². The summed E-state index contributed by atoms with van der Waals surface area (Å²) in [4.78, 5) is 13.3. The van der Waals surface area contributed by atoms with E-state index < -0.39 is 0 Å². The second-order valence-electron chi connectivity index (χ2n) is 3.99. The molecule has 1 heterocycles. The molecule has 0 spiro atoms. The van der Waals surface area contributed by atoms with E-state index in [9.17, 15) is 9.18 Å². The Labute approximate surface area is 88.7 Å². The third kappa shape index (κ3) is 2.17. The highest BCUT2D eigenvalue weighted by Crippen LogP contribution is 2.22. The Bertz CT molecular complexity index is 369. The zero-order chi connectivity index (χ0) is 10.8. The Morgan fingerprint density at radius 2 is 2.07 bits per heavy atom. The van der Waals surface area contributed by atoms with E-state index in [2.05, 4.69) is 0 Å². The Kier molecular flexibility index (Phi) is 2.71. The van der Waals surface area contributed by atoms with Crippen LogP contribution in [0.3, 0.4) is 0 Å². The molecule has 2 nitrogen and oxygen atoms in total. The van der Waals surface area contributed by atoms with Gasteiger partial charge in [0, 0.05) is 18.7 Å². The minimum Gasteiger partial charge on any atom is -0.312 e. The number of aryl methyl sites for hydroxylation is 1. The lowest BCUT2D eigenvalue weighted by molar-refractivity contribution is -0.119. The molecule has 1 aliphatic heterocycles. The van der Waals surface area contributed by atoms with E-state index in [-0.39, 0.29) is 11.7 Å². The molecule has 0 atom stereocenters. The maximum atomic E-state index is 13.2. The molecule has 80 valence electrons. The number of amides is 1. The van der Waals surface area contributed by atoms with E-state index >= 15 is 0 Å². The summed E-state index contributed by atoms with van der Waals surface area (Å²) in [5.74, 6) is -0.172. The summed E-state index contributed by atoms with van der Waals surface area (Å²) < 4.78 is 13.2. The number of hydrogen-bond donors (Lipinski definition) is 0. The average Bonchev–Trinajstić information content (AvgIpc) is 2.16. The van der Waals surface area contributed by atoms with Gasteiger partial charge in [-0.15, -0.1) is 0 Å². The maximum absolute atomic E-state index is 13.2. The zero-order valence-electron chi connectivity index (χ0n) is 8.79. The SMILES string of the molecule is Cc1cc(F)cc(N2CCCCC2=O)c1. The first-order chi connectivity index (χ1) is 7.16. The fourth-order valence-corrected chi connectivity index (χ4v) is 1.95. The van der Waals surface area contributed by atoms with Crippen LogP contribution in [-0.4, -0.2) is 12.5 Å². The number of anilines is 1. The fourth-order valence-electron chi connectivity index (χ4n) is 1.95. The first-order valence-electron chi connectivity index (χ1n) is 5.24. The second-order valence-corrected chi connectivity index (χ2v) is 3.99. The minimum atomic E-state index is -0.275. The molecule has 15 heavy (non-hydrogen) atoms. The second kappa shape index (κ2) is 4.01. The number of carbonyl (C=O) groups excluding carboxylic acids is 1. The highest BCUT2D eigenvalue weighted by Gasteiger charge is 2.19. The molecule has 0 aliphatic carbocycles. The summed E-state index contributed by atoms with van der Waals surface area (Å²) in [7, 11) is 0. The lowest BCUT2D eigenvalue weighted by atomic mass is 10.1. The molecule has 1 aliphatic rings. The average molecular weight is 207 g/mol. The third-order valence-corrected chi connectivity index (χ3v) is 2.66. The van der Waals surface area contributed by atoms with Crippen molar-refractivity contribution >= 4 is 11.6 Å². The van der Waals surface area contributed by atoms with Gasteiger partial charge in [0.2, 0.25) is 5.91 Å². The maximum Gasteiger partial charge on any atom is 0.226 e. The topological polar surface area (TPSA) is 20.3 Å². The van der Waals surface area contributed by atoms with Crippen molar-refractivity contribution in [2.75, 3.05) is 11.4 Å². The number of benzene rings is 1. The number of carbonyl (C=O) groups is 1. The summed E-state index contributed by atoms with van der Waals surface area (Å²) in [6.07, 6.45) is 2.53. The van der Waals surface area contributed by atoms with Crippen LogP contribution in [0.5, 0.6) is 0 Å². The van der Waals surface area contributed by atoms with Crippen LogP contribution in [0.2, 0.25) is 0 Å². The van der Waals surface area contributed by atoms with Gasteiger partial charge in [0.15, 0.2) is 0 Å². The van der Waals surface area contributed by atoms with Gasteiger partial charge in [-0.2, -0.15) is 0 Å². The van der Waals surface area contributed by atoms with Crippen LogP contribution in [-0.2, 0) is 4.79 Å². The van der Waals surface area contributed by atoms with Gasteiger partial charge in [0.25, 0.3) is 0 Å². The molecule has 0 bridgehead atoms. The van der Waals surface area contributed by atoms with Gasteiger partial charge in [-0.3, -0.25) is 4.79 Å².